The monoisotopic (exact) mass is 252 g/mol. The molecule has 1 fully saturated rings. The van der Waals surface area contributed by atoms with Crippen LogP contribution in [0.2, 0.25) is 0 Å². The van der Waals surface area contributed by atoms with E-state index in [1.54, 1.807) is 7.05 Å². The van der Waals surface area contributed by atoms with Gasteiger partial charge in [-0.1, -0.05) is 0 Å². The molecular formula is C11H19F3N2O. The molecule has 1 rings (SSSR count). The maximum atomic E-state index is 12.5. The summed E-state index contributed by atoms with van der Waals surface area (Å²) in [6, 6.07) is 0. The van der Waals surface area contributed by atoms with Gasteiger partial charge in [-0.15, -0.1) is 0 Å². The van der Waals surface area contributed by atoms with E-state index in [0.29, 0.717) is 32.4 Å². The first-order chi connectivity index (χ1) is 7.95. The van der Waals surface area contributed by atoms with Crippen LogP contribution in [-0.4, -0.2) is 43.7 Å². The van der Waals surface area contributed by atoms with Gasteiger partial charge < -0.3 is 10.2 Å². The summed E-state index contributed by atoms with van der Waals surface area (Å²) in [6.45, 7) is 1.01. The minimum Gasteiger partial charge on any atom is -0.342 e. The summed E-state index contributed by atoms with van der Waals surface area (Å²) in [6.07, 6.45) is -2.59. The summed E-state index contributed by atoms with van der Waals surface area (Å²) in [4.78, 5) is 13.0. The lowest BCUT2D eigenvalue weighted by molar-refractivity contribution is -0.188. The van der Waals surface area contributed by atoms with Gasteiger partial charge in [0.15, 0.2) is 0 Å². The average Bonchev–Trinajstić information content (AvgIpc) is 2.28. The Bertz CT molecular complexity index is 256. The molecule has 0 aliphatic carbocycles. The number of carbonyl (C=O) groups excluding carboxylic acids is 1. The van der Waals surface area contributed by atoms with Crippen LogP contribution in [0.4, 0.5) is 13.2 Å². The number of hydrogen-bond donors (Lipinski definition) is 1. The fraction of sp³-hybridized carbons (Fsp3) is 0.909. The van der Waals surface area contributed by atoms with Crippen LogP contribution >= 0.6 is 0 Å². The Morgan fingerprint density at radius 1 is 1.47 bits per heavy atom. The molecule has 1 unspecified atom stereocenters. The molecule has 0 bridgehead atoms. The van der Waals surface area contributed by atoms with Gasteiger partial charge in [0.2, 0.25) is 5.91 Å². The van der Waals surface area contributed by atoms with Gasteiger partial charge in [-0.3, -0.25) is 4.79 Å². The first-order valence-electron chi connectivity index (χ1n) is 5.94. The number of piperidine rings is 1. The molecule has 6 heteroatoms. The van der Waals surface area contributed by atoms with Gasteiger partial charge in [-0.25, -0.2) is 0 Å². The Kier molecular flexibility index (Phi) is 5.24. The summed E-state index contributed by atoms with van der Waals surface area (Å²) in [5.74, 6) is -1.50. The molecule has 1 N–H and O–H groups in total. The van der Waals surface area contributed by atoms with Crippen LogP contribution in [0.3, 0.4) is 0 Å². The number of rotatable bonds is 4. The predicted octanol–water partition coefficient (Wildman–Crippen LogP) is 1.79. The van der Waals surface area contributed by atoms with Gasteiger partial charge in [-0.05, 0) is 32.9 Å². The molecule has 0 radical (unpaired) electrons. The van der Waals surface area contributed by atoms with E-state index >= 15 is 0 Å². The largest absolute Gasteiger partial charge is 0.393 e. The van der Waals surface area contributed by atoms with Crippen LogP contribution in [0.25, 0.3) is 0 Å². The number of alkyl halides is 3. The van der Waals surface area contributed by atoms with Crippen molar-refractivity contribution in [3.8, 4) is 0 Å². The summed E-state index contributed by atoms with van der Waals surface area (Å²) in [7, 11) is 1.78. The number of carbonyl (C=O) groups is 1. The molecule has 0 aromatic carbocycles. The zero-order valence-corrected chi connectivity index (χ0v) is 10.0. The predicted molar refractivity (Wildman–Crippen MR) is 58.5 cm³/mol. The summed E-state index contributed by atoms with van der Waals surface area (Å²) in [5.41, 5.74) is 0. The van der Waals surface area contributed by atoms with Gasteiger partial charge in [0.1, 0.15) is 0 Å². The number of nitrogens with one attached hydrogen (secondary N) is 1. The standard InChI is InChI=1S/C11H19F3N2O/c1-15-6-2-5-10(17)16-7-3-4-9(8-16)11(12,13)14/h9,15H,2-8H2,1H3. The molecule has 1 saturated heterocycles. The molecule has 1 atom stereocenters. The lowest BCUT2D eigenvalue weighted by Crippen LogP contribution is -2.44. The van der Waals surface area contributed by atoms with Crippen molar-refractivity contribution in [2.45, 2.75) is 31.9 Å². The van der Waals surface area contributed by atoms with E-state index in [1.165, 1.54) is 4.90 Å². The van der Waals surface area contributed by atoms with Gasteiger partial charge in [0, 0.05) is 19.5 Å². The molecule has 100 valence electrons. The Labute approximate surface area is 99.4 Å². The minimum absolute atomic E-state index is 0.143. The number of halogens is 3. The molecule has 0 aromatic heterocycles. The van der Waals surface area contributed by atoms with Crippen LogP contribution in [-0.2, 0) is 4.79 Å². The highest BCUT2D eigenvalue weighted by atomic mass is 19.4. The normalized spacial score (nSPS) is 21.6. The van der Waals surface area contributed by atoms with E-state index in [4.69, 9.17) is 0 Å². The van der Waals surface area contributed by atoms with Crippen molar-refractivity contribution in [3.05, 3.63) is 0 Å². The number of amides is 1. The van der Waals surface area contributed by atoms with Gasteiger partial charge in [0.25, 0.3) is 0 Å². The van der Waals surface area contributed by atoms with Gasteiger partial charge in [0.05, 0.1) is 5.92 Å². The van der Waals surface area contributed by atoms with Crippen LogP contribution < -0.4 is 5.32 Å². The Balaban J connectivity index is 2.41. The molecular weight excluding hydrogens is 233 g/mol. The van der Waals surface area contributed by atoms with Crippen molar-refractivity contribution in [1.29, 1.82) is 0 Å². The molecule has 0 aromatic rings. The first kappa shape index (κ1) is 14.3. The second kappa shape index (κ2) is 6.23. The second-order valence-electron chi connectivity index (χ2n) is 4.43. The molecule has 1 heterocycles. The average molecular weight is 252 g/mol. The van der Waals surface area contributed by atoms with Crippen LogP contribution in [0.1, 0.15) is 25.7 Å². The highest BCUT2D eigenvalue weighted by Crippen LogP contribution is 2.33. The summed E-state index contributed by atoms with van der Waals surface area (Å²) >= 11 is 0. The van der Waals surface area contributed by atoms with E-state index in [9.17, 15) is 18.0 Å². The Morgan fingerprint density at radius 3 is 2.76 bits per heavy atom. The van der Waals surface area contributed by atoms with E-state index in [2.05, 4.69) is 5.32 Å². The maximum absolute atomic E-state index is 12.5. The van der Waals surface area contributed by atoms with E-state index in [0.717, 1.165) is 0 Å². The quantitative estimate of drug-likeness (QED) is 0.774. The maximum Gasteiger partial charge on any atom is 0.393 e. The van der Waals surface area contributed by atoms with Crippen molar-refractivity contribution >= 4 is 5.91 Å². The lowest BCUT2D eigenvalue weighted by atomic mass is 9.97. The second-order valence-corrected chi connectivity index (χ2v) is 4.43. The zero-order valence-electron chi connectivity index (χ0n) is 10.0. The molecule has 1 aliphatic heterocycles. The number of hydrogen-bond acceptors (Lipinski definition) is 2. The lowest BCUT2D eigenvalue weighted by Gasteiger charge is -2.33. The highest BCUT2D eigenvalue weighted by molar-refractivity contribution is 5.76. The topological polar surface area (TPSA) is 32.3 Å². The third-order valence-electron chi connectivity index (χ3n) is 3.05. The van der Waals surface area contributed by atoms with E-state index < -0.39 is 12.1 Å². The first-order valence-corrected chi connectivity index (χ1v) is 5.94. The third-order valence-corrected chi connectivity index (χ3v) is 3.05. The number of likely N-dealkylation sites (tertiary alicyclic amines) is 1. The fourth-order valence-corrected chi connectivity index (χ4v) is 2.05. The van der Waals surface area contributed by atoms with Crippen LogP contribution in [0.5, 0.6) is 0 Å². The molecule has 1 aliphatic rings. The van der Waals surface area contributed by atoms with Crippen molar-refractivity contribution in [2.75, 3.05) is 26.7 Å². The summed E-state index contributed by atoms with van der Waals surface area (Å²) < 4.78 is 37.6. The van der Waals surface area contributed by atoms with Gasteiger partial charge >= 0.3 is 6.18 Å². The molecule has 1 amide bonds. The molecule has 17 heavy (non-hydrogen) atoms. The van der Waals surface area contributed by atoms with Crippen LogP contribution in [0.15, 0.2) is 0 Å². The van der Waals surface area contributed by atoms with Gasteiger partial charge in [-0.2, -0.15) is 13.2 Å². The fourth-order valence-electron chi connectivity index (χ4n) is 2.05. The summed E-state index contributed by atoms with van der Waals surface area (Å²) in [5, 5.41) is 2.91. The smallest absolute Gasteiger partial charge is 0.342 e. The van der Waals surface area contributed by atoms with Crippen LogP contribution in [0, 0.1) is 5.92 Å². The highest BCUT2D eigenvalue weighted by Gasteiger charge is 2.42. The Hall–Kier alpha value is -0.780. The SMILES string of the molecule is CNCCCC(=O)N1CCCC(C(F)(F)F)C1. The van der Waals surface area contributed by atoms with Crippen molar-refractivity contribution in [2.24, 2.45) is 5.92 Å². The van der Waals surface area contributed by atoms with Crippen molar-refractivity contribution in [1.82, 2.24) is 10.2 Å². The Morgan fingerprint density at radius 2 is 2.18 bits per heavy atom. The van der Waals surface area contributed by atoms with E-state index in [-0.39, 0.29) is 18.9 Å². The third kappa shape index (κ3) is 4.53. The molecule has 0 saturated carbocycles. The number of nitrogens with zero attached hydrogens (tertiary/aromatic N) is 1. The van der Waals surface area contributed by atoms with Crippen molar-refractivity contribution in [3.63, 3.8) is 0 Å². The molecule has 0 spiro atoms. The zero-order chi connectivity index (χ0) is 12.9. The van der Waals surface area contributed by atoms with E-state index in [1.807, 2.05) is 0 Å². The molecule has 3 nitrogen and oxygen atoms in total. The minimum atomic E-state index is -4.18. The van der Waals surface area contributed by atoms with Crippen molar-refractivity contribution < 1.29 is 18.0 Å².